The van der Waals surface area contributed by atoms with Gasteiger partial charge in [-0.3, -0.25) is 0 Å². The van der Waals surface area contributed by atoms with Crippen LogP contribution in [0.2, 0.25) is 0 Å². The summed E-state index contributed by atoms with van der Waals surface area (Å²) in [5.74, 6) is 1.65. The van der Waals surface area contributed by atoms with Gasteiger partial charge >= 0.3 is 0 Å². The van der Waals surface area contributed by atoms with Crippen LogP contribution >= 0.6 is 0 Å². The van der Waals surface area contributed by atoms with E-state index in [0.29, 0.717) is 17.6 Å². The summed E-state index contributed by atoms with van der Waals surface area (Å²) < 4.78 is 5.54. The summed E-state index contributed by atoms with van der Waals surface area (Å²) in [5.41, 5.74) is 8.59. The summed E-state index contributed by atoms with van der Waals surface area (Å²) in [6.45, 7) is 4.32. The second kappa shape index (κ2) is 4.96. The number of fused-ring (bicyclic) bond motifs is 1. The van der Waals surface area contributed by atoms with E-state index in [1.807, 2.05) is 30.3 Å². The van der Waals surface area contributed by atoms with Crippen LogP contribution in [0.15, 0.2) is 41.0 Å². The van der Waals surface area contributed by atoms with E-state index in [9.17, 15) is 0 Å². The van der Waals surface area contributed by atoms with Crippen LogP contribution in [0.3, 0.4) is 0 Å². The lowest BCUT2D eigenvalue weighted by Crippen LogP contribution is -2.03. The lowest BCUT2D eigenvalue weighted by atomic mass is 10.1. The van der Waals surface area contributed by atoms with E-state index in [2.05, 4.69) is 23.8 Å². The van der Waals surface area contributed by atoms with Crippen molar-refractivity contribution >= 4 is 16.8 Å². The fraction of sp³-hybridized carbons (Fsp3) is 0.250. The van der Waals surface area contributed by atoms with Gasteiger partial charge in [-0.05, 0) is 18.4 Å². The Hall–Kier alpha value is -2.36. The van der Waals surface area contributed by atoms with E-state index in [1.165, 1.54) is 0 Å². The van der Waals surface area contributed by atoms with Crippen LogP contribution in [0.1, 0.15) is 19.5 Å². The van der Waals surface area contributed by atoms with Crippen LogP contribution in [0.5, 0.6) is 0 Å². The minimum absolute atomic E-state index is 0.496. The molecule has 102 valence electrons. The normalized spacial score (nSPS) is 11.3. The Morgan fingerprint density at radius 2 is 2.00 bits per heavy atom. The fourth-order valence-electron chi connectivity index (χ4n) is 2.31. The summed E-state index contributed by atoms with van der Waals surface area (Å²) >= 11 is 0. The van der Waals surface area contributed by atoms with Crippen molar-refractivity contribution in [1.29, 1.82) is 0 Å². The fourth-order valence-corrected chi connectivity index (χ4v) is 2.31. The standard InChI is InChI=1S/C16H17N3O/c1-10(2)7-11-8-15(17)19-16(18-11)13-9-20-14-6-4-3-5-12(13)14/h3-6,8-10H,7H2,1-2H3,(H2,17,18,19). The Bertz CT molecular complexity index is 746. The van der Waals surface area contributed by atoms with Crippen molar-refractivity contribution in [1.82, 2.24) is 9.97 Å². The Morgan fingerprint density at radius 1 is 1.20 bits per heavy atom. The number of anilines is 1. The first-order valence-corrected chi connectivity index (χ1v) is 6.73. The van der Waals surface area contributed by atoms with Gasteiger partial charge in [0.1, 0.15) is 17.7 Å². The van der Waals surface area contributed by atoms with Crippen molar-refractivity contribution in [2.75, 3.05) is 5.73 Å². The molecular formula is C16H17N3O. The molecule has 0 saturated carbocycles. The number of nitrogen functional groups attached to an aromatic ring is 1. The van der Waals surface area contributed by atoms with Crippen molar-refractivity contribution in [2.24, 2.45) is 5.92 Å². The van der Waals surface area contributed by atoms with Gasteiger partial charge in [0.15, 0.2) is 5.82 Å². The number of benzene rings is 1. The lowest BCUT2D eigenvalue weighted by Gasteiger charge is -2.07. The minimum Gasteiger partial charge on any atom is -0.464 e. The quantitative estimate of drug-likeness (QED) is 0.786. The van der Waals surface area contributed by atoms with Gasteiger partial charge in [-0.2, -0.15) is 0 Å². The molecule has 0 aliphatic heterocycles. The van der Waals surface area contributed by atoms with E-state index in [4.69, 9.17) is 10.2 Å². The summed E-state index contributed by atoms with van der Waals surface area (Å²) in [4.78, 5) is 8.96. The van der Waals surface area contributed by atoms with Gasteiger partial charge < -0.3 is 10.2 Å². The highest BCUT2D eigenvalue weighted by atomic mass is 16.3. The molecule has 1 aromatic carbocycles. The van der Waals surface area contributed by atoms with Gasteiger partial charge in [-0.1, -0.05) is 32.0 Å². The van der Waals surface area contributed by atoms with Crippen LogP contribution < -0.4 is 5.73 Å². The smallest absolute Gasteiger partial charge is 0.165 e. The zero-order valence-corrected chi connectivity index (χ0v) is 11.6. The molecule has 0 atom stereocenters. The number of furan rings is 1. The second-order valence-electron chi connectivity index (χ2n) is 5.35. The first kappa shape index (κ1) is 12.7. The highest BCUT2D eigenvalue weighted by Gasteiger charge is 2.12. The molecule has 0 bridgehead atoms. The average molecular weight is 267 g/mol. The number of aromatic nitrogens is 2. The van der Waals surface area contributed by atoms with E-state index < -0.39 is 0 Å². The van der Waals surface area contributed by atoms with E-state index in [1.54, 1.807) is 6.26 Å². The van der Waals surface area contributed by atoms with Crippen molar-refractivity contribution in [3.8, 4) is 11.4 Å². The van der Waals surface area contributed by atoms with Crippen LogP contribution in [0.4, 0.5) is 5.82 Å². The molecule has 3 aromatic rings. The molecule has 0 fully saturated rings. The average Bonchev–Trinajstić information content (AvgIpc) is 2.80. The molecule has 0 unspecified atom stereocenters. The highest BCUT2D eigenvalue weighted by Crippen LogP contribution is 2.28. The number of hydrogen-bond donors (Lipinski definition) is 1. The van der Waals surface area contributed by atoms with Gasteiger partial charge in [0.05, 0.1) is 5.56 Å². The third kappa shape index (κ3) is 2.37. The second-order valence-corrected chi connectivity index (χ2v) is 5.35. The molecule has 2 N–H and O–H groups in total. The zero-order chi connectivity index (χ0) is 14.1. The number of rotatable bonds is 3. The Morgan fingerprint density at radius 3 is 2.80 bits per heavy atom. The topological polar surface area (TPSA) is 64.9 Å². The molecule has 4 heteroatoms. The molecule has 0 spiro atoms. The maximum Gasteiger partial charge on any atom is 0.165 e. The zero-order valence-electron chi connectivity index (χ0n) is 11.6. The molecule has 3 rings (SSSR count). The molecule has 0 aliphatic carbocycles. The molecule has 4 nitrogen and oxygen atoms in total. The lowest BCUT2D eigenvalue weighted by molar-refractivity contribution is 0.616. The monoisotopic (exact) mass is 267 g/mol. The third-order valence-electron chi connectivity index (χ3n) is 3.14. The molecule has 20 heavy (non-hydrogen) atoms. The molecule has 2 aromatic heterocycles. The van der Waals surface area contributed by atoms with Gasteiger partial charge in [0.2, 0.25) is 0 Å². The summed E-state index contributed by atoms with van der Waals surface area (Å²) in [6.07, 6.45) is 2.58. The predicted octanol–water partition coefficient (Wildman–Crippen LogP) is 3.67. The van der Waals surface area contributed by atoms with Crippen LogP contribution in [0.25, 0.3) is 22.4 Å². The van der Waals surface area contributed by atoms with E-state index >= 15 is 0 Å². The Labute approximate surface area is 117 Å². The minimum atomic E-state index is 0.496. The number of nitrogens with zero attached hydrogens (tertiary/aromatic N) is 2. The van der Waals surface area contributed by atoms with Crippen molar-refractivity contribution < 1.29 is 4.42 Å². The van der Waals surface area contributed by atoms with E-state index in [0.717, 1.165) is 28.6 Å². The summed E-state index contributed by atoms with van der Waals surface area (Å²) in [7, 11) is 0. The molecule has 0 aliphatic rings. The Balaban J connectivity index is 2.11. The highest BCUT2D eigenvalue weighted by molar-refractivity contribution is 5.92. The number of nitrogens with two attached hydrogens (primary N) is 1. The SMILES string of the molecule is CC(C)Cc1cc(N)nc(-c2coc3ccccc23)n1. The molecule has 2 heterocycles. The number of para-hydroxylation sites is 1. The molecular weight excluding hydrogens is 250 g/mol. The predicted molar refractivity (Wildman–Crippen MR) is 80.2 cm³/mol. The first-order valence-electron chi connectivity index (χ1n) is 6.73. The summed E-state index contributed by atoms with van der Waals surface area (Å²) in [6, 6.07) is 9.69. The maximum absolute atomic E-state index is 5.90. The van der Waals surface area contributed by atoms with Gasteiger partial charge in [0.25, 0.3) is 0 Å². The van der Waals surface area contributed by atoms with Crippen molar-refractivity contribution in [2.45, 2.75) is 20.3 Å². The maximum atomic E-state index is 5.90. The van der Waals surface area contributed by atoms with Gasteiger partial charge in [-0.25, -0.2) is 9.97 Å². The van der Waals surface area contributed by atoms with Crippen LogP contribution in [-0.2, 0) is 6.42 Å². The third-order valence-corrected chi connectivity index (χ3v) is 3.14. The van der Waals surface area contributed by atoms with Crippen LogP contribution in [-0.4, -0.2) is 9.97 Å². The van der Waals surface area contributed by atoms with Gasteiger partial charge in [0, 0.05) is 17.1 Å². The molecule has 0 radical (unpaired) electrons. The van der Waals surface area contributed by atoms with Crippen LogP contribution in [0, 0.1) is 5.92 Å². The number of hydrogen-bond acceptors (Lipinski definition) is 4. The summed E-state index contributed by atoms with van der Waals surface area (Å²) in [5, 5.41) is 1.01. The van der Waals surface area contributed by atoms with Crippen molar-refractivity contribution in [3.63, 3.8) is 0 Å². The molecule has 0 amide bonds. The van der Waals surface area contributed by atoms with Gasteiger partial charge in [-0.15, -0.1) is 0 Å². The molecule has 0 saturated heterocycles. The largest absolute Gasteiger partial charge is 0.464 e. The van der Waals surface area contributed by atoms with Crippen molar-refractivity contribution in [3.05, 3.63) is 42.3 Å². The first-order chi connectivity index (χ1) is 9.63. The Kier molecular flexibility index (Phi) is 3.14. The van der Waals surface area contributed by atoms with E-state index in [-0.39, 0.29) is 0 Å².